The van der Waals surface area contributed by atoms with Gasteiger partial charge in [-0.1, -0.05) is 29.8 Å². The molecule has 1 aromatic heterocycles. The van der Waals surface area contributed by atoms with Gasteiger partial charge in [0.25, 0.3) is 0 Å². The van der Waals surface area contributed by atoms with Crippen molar-refractivity contribution in [2.45, 2.75) is 19.4 Å². The fourth-order valence-electron chi connectivity index (χ4n) is 1.99. The van der Waals surface area contributed by atoms with Crippen molar-refractivity contribution >= 4 is 0 Å². The zero-order valence-corrected chi connectivity index (χ0v) is 11.6. The summed E-state index contributed by atoms with van der Waals surface area (Å²) in [6.45, 7) is 2.09. The van der Waals surface area contributed by atoms with Crippen molar-refractivity contribution in [3.05, 3.63) is 53.5 Å². The Morgan fingerprint density at radius 1 is 1.21 bits per heavy atom. The standard InChI is InChI=1S/C15H19N3O/c1-11-4-6-12(7-5-11)14(16-2)8-13-9-15(19-3)18-10-17-13/h4-7,9-10,14,16H,8H2,1-3H3. The van der Waals surface area contributed by atoms with Gasteiger partial charge in [-0.3, -0.25) is 0 Å². The van der Waals surface area contributed by atoms with Gasteiger partial charge in [0.15, 0.2) is 0 Å². The van der Waals surface area contributed by atoms with Crippen molar-refractivity contribution in [1.29, 1.82) is 0 Å². The Morgan fingerprint density at radius 2 is 1.95 bits per heavy atom. The molecule has 0 amide bonds. The topological polar surface area (TPSA) is 47.0 Å². The van der Waals surface area contributed by atoms with Gasteiger partial charge in [0.1, 0.15) is 6.33 Å². The summed E-state index contributed by atoms with van der Waals surface area (Å²) in [5.74, 6) is 0.601. The van der Waals surface area contributed by atoms with E-state index < -0.39 is 0 Å². The normalized spacial score (nSPS) is 12.2. The highest BCUT2D eigenvalue weighted by Gasteiger charge is 2.11. The number of nitrogens with zero attached hydrogens (tertiary/aromatic N) is 2. The summed E-state index contributed by atoms with van der Waals surface area (Å²) < 4.78 is 5.12. The predicted octanol–water partition coefficient (Wildman–Crippen LogP) is 2.30. The van der Waals surface area contributed by atoms with Crippen LogP contribution in [-0.4, -0.2) is 24.1 Å². The fraction of sp³-hybridized carbons (Fsp3) is 0.333. The average Bonchev–Trinajstić information content (AvgIpc) is 2.46. The second-order valence-electron chi connectivity index (χ2n) is 4.51. The average molecular weight is 257 g/mol. The Kier molecular flexibility index (Phi) is 4.47. The third kappa shape index (κ3) is 3.51. The maximum atomic E-state index is 5.12. The van der Waals surface area contributed by atoms with E-state index in [-0.39, 0.29) is 6.04 Å². The molecule has 4 nitrogen and oxygen atoms in total. The first-order valence-electron chi connectivity index (χ1n) is 6.31. The first kappa shape index (κ1) is 13.5. The smallest absolute Gasteiger partial charge is 0.216 e. The van der Waals surface area contributed by atoms with Gasteiger partial charge in [0.05, 0.1) is 7.11 Å². The van der Waals surface area contributed by atoms with Crippen LogP contribution in [0.25, 0.3) is 0 Å². The molecule has 0 aliphatic rings. The molecular weight excluding hydrogens is 238 g/mol. The molecule has 0 aliphatic carbocycles. The van der Waals surface area contributed by atoms with Gasteiger partial charge >= 0.3 is 0 Å². The van der Waals surface area contributed by atoms with E-state index in [1.54, 1.807) is 7.11 Å². The third-order valence-corrected chi connectivity index (χ3v) is 3.15. The minimum atomic E-state index is 0.236. The summed E-state index contributed by atoms with van der Waals surface area (Å²) in [7, 11) is 3.57. The lowest BCUT2D eigenvalue weighted by Gasteiger charge is -2.16. The number of nitrogens with one attached hydrogen (secondary N) is 1. The second-order valence-corrected chi connectivity index (χ2v) is 4.51. The predicted molar refractivity (Wildman–Crippen MR) is 75.3 cm³/mol. The first-order valence-corrected chi connectivity index (χ1v) is 6.31. The van der Waals surface area contributed by atoms with Crippen LogP contribution >= 0.6 is 0 Å². The van der Waals surface area contributed by atoms with Crippen LogP contribution in [0.4, 0.5) is 0 Å². The van der Waals surface area contributed by atoms with Gasteiger partial charge < -0.3 is 10.1 Å². The van der Waals surface area contributed by atoms with Crippen LogP contribution in [0.2, 0.25) is 0 Å². The molecule has 1 unspecified atom stereocenters. The van der Waals surface area contributed by atoms with Crippen molar-refractivity contribution in [1.82, 2.24) is 15.3 Å². The van der Waals surface area contributed by atoms with E-state index in [1.807, 2.05) is 13.1 Å². The zero-order valence-electron chi connectivity index (χ0n) is 11.6. The number of rotatable bonds is 5. The van der Waals surface area contributed by atoms with E-state index in [2.05, 4.69) is 46.5 Å². The molecule has 0 aliphatic heterocycles. The van der Waals surface area contributed by atoms with Crippen LogP contribution in [-0.2, 0) is 6.42 Å². The van der Waals surface area contributed by atoms with E-state index in [4.69, 9.17) is 4.74 Å². The summed E-state index contributed by atoms with van der Waals surface area (Å²) in [5.41, 5.74) is 3.49. The number of likely N-dealkylation sites (N-methyl/N-ethyl adjacent to an activating group) is 1. The number of hydrogen-bond acceptors (Lipinski definition) is 4. The molecule has 0 bridgehead atoms. The molecule has 0 saturated carbocycles. The van der Waals surface area contributed by atoms with Gasteiger partial charge in [0.2, 0.25) is 5.88 Å². The summed E-state index contributed by atoms with van der Waals surface area (Å²) in [4.78, 5) is 8.31. The van der Waals surface area contributed by atoms with Crippen molar-refractivity contribution < 1.29 is 4.74 Å². The maximum Gasteiger partial charge on any atom is 0.216 e. The van der Waals surface area contributed by atoms with Crippen LogP contribution < -0.4 is 10.1 Å². The number of hydrogen-bond donors (Lipinski definition) is 1. The van der Waals surface area contributed by atoms with Crippen molar-refractivity contribution in [2.24, 2.45) is 0 Å². The monoisotopic (exact) mass is 257 g/mol. The molecule has 1 aromatic carbocycles. The van der Waals surface area contributed by atoms with Crippen LogP contribution in [0.15, 0.2) is 36.7 Å². The molecule has 0 saturated heterocycles. The molecule has 4 heteroatoms. The van der Waals surface area contributed by atoms with E-state index in [9.17, 15) is 0 Å². The highest BCUT2D eigenvalue weighted by molar-refractivity contribution is 5.26. The Morgan fingerprint density at radius 3 is 2.58 bits per heavy atom. The minimum Gasteiger partial charge on any atom is -0.481 e. The molecular formula is C15H19N3O. The quantitative estimate of drug-likeness (QED) is 0.892. The molecule has 2 rings (SSSR count). The van der Waals surface area contributed by atoms with Crippen molar-refractivity contribution in [2.75, 3.05) is 14.2 Å². The minimum absolute atomic E-state index is 0.236. The van der Waals surface area contributed by atoms with Crippen LogP contribution in [0.5, 0.6) is 5.88 Å². The maximum absolute atomic E-state index is 5.12. The number of aryl methyl sites for hydroxylation is 1. The SMILES string of the molecule is CNC(Cc1cc(OC)ncn1)c1ccc(C)cc1. The van der Waals surface area contributed by atoms with Gasteiger partial charge in [-0.05, 0) is 19.5 Å². The Balaban J connectivity index is 2.16. The molecule has 0 fully saturated rings. The van der Waals surface area contributed by atoms with Crippen LogP contribution in [0.1, 0.15) is 22.9 Å². The van der Waals surface area contributed by atoms with Crippen LogP contribution in [0.3, 0.4) is 0 Å². The highest BCUT2D eigenvalue weighted by atomic mass is 16.5. The van der Waals surface area contributed by atoms with Gasteiger partial charge in [-0.25, -0.2) is 9.97 Å². The molecule has 2 aromatic rings. The second kappa shape index (κ2) is 6.29. The van der Waals surface area contributed by atoms with Gasteiger partial charge in [0, 0.05) is 24.2 Å². The Labute approximate surface area is 113 Å². The molecule has 1 N–H and O–H groups in total. The third-order valence-electron chi connectivity index (χ3n) is 3.15. The summed E-state index contributed by atoms with van der Waals surface area (Å²) in [6, 6.07) is 10.7. The van der Waals surface area contributed by atoms with E-state index >= 15 is 0 Å². The summed E-state index contributed by atoms with van der Waals surface area (Å²) in [5, 5.41) is 3.32. The Bertz CT molecular complexity index is 525. The first-order chi connectivity index (χ1) is 9.22. The van der Waals surface area contributed by atoms with Crippen molar-refractivity contribution in [3.63, 3.8) is 0 Å². The number of ether oxygens (including phenoxy) is 1. The van der Waals surface area contributed by atoms with Gasteiger partial charge in [-0.15, -0.1) is 0 Å². The summed E-state index contributed by atoms with van der Waals surface area (Å²) in [6.07, 6.45) is 2.34. The summed E-state index contributed by atoms with van der Waals surface area (Å²) >= 11 is 0. The Hall–Kier alpha value is -1.94. The molecule has 0 radical (unpaired) electrons. The van der Waals surface area contributed by atoms with Crippen molar-refractivity contribution in [3.8, 4) is 5.88 Å². The van der Waals surface area contributed by atoms with E-state index in [1.165, 1.54) is 17.5 Å². The molecule has 19 heavy (non-hydrogen) atoms. The largest absolute Gasteiger partial charge is 0.481 e. The number of benzene rings is 1. The molecule has 1 atom stereocenters. The van der Waals surface area contributed by atoms with Crippen LogP contribution in [0, 0.1) is 6.92 Å². The number of aromatic nitrogens is 2. The molecule has 0 spiro atoms. The van der Waals surface area contributed by atoms with E-state index in [0.717, 1.165) is 12.1 Å². The highest BCUT2D eigenvalue weighted by Crippen LogP contribution is 2.19. The molecule has 100 valence electrons. The lowest BCUT2D eigenvalue weighted by molar-refractivity contribution is 0.395. The lowest BCUT2D eigenvalue weighted by Crippen LogP contribution is -2.19. The molecule has 1 heterocycles. The zero-order chi connectivity index (χ0) is 13.7. The lowest BCUT2D eigenvalue weighted by atomic mass is 10.0. The van der Waals surface area contributed by atoms with Gasteiger partial charge in [-0.2, -0.15) is 0 Å². The van der Waals surface area contributed by atoms with E-state index in [0.29, 0.717) is 5.88 Å². The fourth-order valence-corrected chi connectivity index (χ4v) is 1.99. The number of methoxy groups -OCH3 is 1.